The highest BCUT2D eigenvalue weighted by molar-refractivity contribution is 7.91. The number of rotatable bonds is 6. The van der Waals surface area contributed by atoms with Gasteiger partial charge in [0.15, 0.2) is 9.84 Å². The van der Waals surface area contributed by atoms with E-state index in [-0.39, 0.29) is 24.5 Å². The fourth-order valence-electron chi connectivity index (χ4n) is 3.77. The van der Waals surface area contributed by atoms with E-state index in [1.807, 2.05) is 19.0 Å². The summed E-state index contributed by atoms with van der Waals surface area (Å²) in [6, 6.07) is 4.50. The van der Waals surface area contributed by atoms with Crippen molar-refractivity contribution in [1.82, 2.24) is 19.9 Å². The summed E-state index contributed by atoms with van der Waals surface area (Å²) in [4.78, 5) is 15.8. The number of carbonyl (C=O) groups is 1. The molecule has 34 heavy (non-hydrogen) atoms. The summed E-state index contributed by atoms with van der Waals surface area (Å²) in [5, 5.41) is 8.17. The number of aromatic nitrogens is 3. The number of benzene rings is 1. The summed E-state index contributed by atoms with van der Waals surface area (Å²) in [7, 11) is 0.801. The number of allylic oxidation sites excluding steroid dienone is 1. The molecule has 1 amide bonds. The maximum atomic E-state index is 14.8. The monoisotopic (exact) mass is 487 g/mol. The van der Waals surface area contributed by atoms with Crippen molar-refractivity contribution in [3.05, 3.63) is 47.5 Å². The number of anilines is 1. The number of amides is 1. The van der Waals surface area contributed by atoms with E-state index in [0.29, 0.717) is 36.3 Å². The molecule has 4 rings (SSSR count). The first-order chi connectivity index (χ1) is 16.2. The van der Waals surface area contributed by atoms with Crippen molar-refractivity contribution in [2.45, 2.75) is 25.5 Å². The van der Waals surface area contributed by atoms with Crippen LogP contribution in [0.1, 0.15) is 17.7 Å². The van der Waals surface area contributed by atoms with Gasteiger partial charge in [-0.25, -0.2) is 22.3 Å². The van der Waals surface area contributed by atoms with Crippen molar-refractivity contribution in [3.63, 3.8) is 0 Å². The summed E-state index contributed by atoms with van der Waals surface area (Å²) < 4.78 is 45.1. The number of sulfone groups is 1. The van der Waals surface area contributed by atoms with E-state index in [1.165, 1.54) is 11.0 Å². The summed E-state index contributed by atoms with van der Waals surface area (Å²) in [5.41, 5.74) is 2.13. The molecular formula is C23H26FN5O4S. The molecular weight excluding hydrogens is 461 g/mol. The second-order valence-electron chi connectivity index (χ2n) is 8.57. The third-order valence-electron chi connectivity index (χ3n) is 5.52. The Labute approximate surface area is 198 Å². The molecule has 9 nitrogen and oxygen atoms in total. The second-order valence-corrected chi connectivity index (χ2v) is 10.8. The number of hydrogen-bond donors (Lipinski definition) is 0. The molecule has 1 aromatic carbocycles. The molecule has 0 bridgehead atoms. The summed E-state index contributed by atoms with van der Waals surface area (Å²) in [6.45, 7) is 1.24. The van der Waals surface area contributed by atoms with Gasteiger partial charge in [0.2, 0.25) is 0 Å². The number of carbonyl (C=O) groups excluding carboxylic acids is 1. The molecule has 1 saturated heterocycles. The lowest BCUT2D eigenvalue weighted by atomic mass is 10.0. The molecule has 3 heterocycles. The lowest BCUT2D eigenvalue weighted by Crippen LogP contribution is -2.26. The smallest absolute Gasteiger partial charge is 0.414 e. The third-order valence-corrected chi connectivity index (χ3v) is 7.02. The number of hydrogen-bond acceptors (Lipinski definition) is 7. The van der Waals surface area contributed by atoms with Crippen molar-refractivity contribution in [1.29, 1.82) is 0 Å². The van der Waals surface area contributed by atoms with Gasteiger partial charge in [-0.15, -0.1) is 5.10 Å². The van der Waals surface area contributed by atoms with Crippen molar-refractivity contribution in [2.24, 2.45) is 0 Å². The molecule has 11 heteroatoms. The topological polar surface area (TPSA) is 97.6 Å². The molecule has 0 radical (unpaired) electrons. The largest absolute Gasteiger partial charge is 0.442 e. The molecule has 1 aromatic heterocycles. The van der Waals surface area contributed by atoms with Gasteiger partial charge in [-0.05, 0) is 44.3 Å². The van der Waals surface area contributed by atoms with Crippen LogP contribution in [0, 0.1) is 17.7 Å². The molecule has 0 unspecified atom stereocenters. The van der Waals surface area contributed by atoms with Crippen molar-refractivity contribution in [2.75, 3.05) is 43.6 Å². The zero-order valence-electron chi connectivity index (χ0n) is 19.1. The highest BCUT2D eigenvalue weighted by Gasteiger charge is 2.33. The van der Waals surface area contributed by atoms with Crippen LogP contribution in [0.5, 0.6) is 0 Å². The molecule has 0 N–H and O–H groups in total. The Kier molecular flexibility index (Phi) is 7.00. The Morgan fingerprint density at radius 3 is 2.82 bits per heavy atom. The Hall–Kier alpha value is -3.23. The van der Waals surface area contributed by atoms with Crippen molar-refractivity contribution >= 4 is 27.2 Å². The number of cyclic esters (lactones) is 1. The number of nitrogens with zero attached hydrogens (tertiary/aromatic N) is 5. The zero-order valence-corrected chi connectivity index (χ0v) is 19.9. The average Bonchev–Trinajstić information content (AvgIpc) is 3.37. The fraction of sp³-hybridized carbons (Fsp3) is 0.435. The maximum absolute atomic E-state index is 14.8. The van der Waals surface area contributed by atoms with E-state index in [4.69, 9.17) is 4.74 Å². The quantitative estimate of drug-likeness (QED) is 0.573. The predicted octanol–water partition coefficient (Wildman–Crippen LogP) is 1.75. The van der Waals surface area contributed by atoms with Crippen LogP contribution in [-0.4, -0.2) is 79.2 Å². The summed E-state index contributed by atoms with van der Waals surface area (Å²) in [6.07, 6.45) is 3.06. The molecule has 0 spiro atoms. The van der Waals surface area contributed by atoms with Crippen LogP contribution in [0.2, 0.25) is 0 Å². The van der Waals surface area contributed by atoms with Gasteiger partial charge in [0.05, 0.1) is 48.9 Å². The summed E-state index contributed by atoms with van der Waals surface area (Å²) >= 11 is 0. The van der Waals surface area contributed by atoms with E-state index in [2.05, 4.69) is 22.2 Å². The maximum Gasteiger partial charge on any atom is 0.414 e. The molecule has 0 aliphatic carbocycles. The van der Waals surface area contributed by atoms with Crippen LogP contribution < -0.4 is 4.90 Å². The Morgan fingerprint density at radius 2 is 2.12 bits per heavy atom. The van der Waals surface area contributed by atoms with Gasteiger partial charge in [-0.2, -0.15) is 0 Å². The van der Waals surface area contributed by atoms with Gasteiger partial charge in [0, 0.05) is 11.8 Å². The zero-order chi connectivity index (χ0) is 24.3. The average molecular weight is 488 g/mol. The molecule has 2 aliphatic heterocycles. The lowest BCUT2D eigenvalue weighted by molar-refractivity contribution is 0.129. The van der Waals surface area contributed by atoms with Crippen molar-refractivity contribution < 1.29 is 22.3 Å². The molecule has 180 valence electrons. The first kappa shape index (κ1) is 23.9. The highest BCUT2D eigenvalue weighted by atomic mass is 32.2. The third kappa shape index (κ3) is 5.81. The minimum atomic E-state index is -3.09. The first-order valence-corrected chi connectivity index (χ1v) is 12.7. The molecule has 2 aromatic rings. The lowest BCUT2D eigenvalue weighted by Gasteiger charge is -2.17. The van der Waals surface area contributed by atoms with E-state index >= 15 is 0 Å². The number of halogens is 1. The van der Waals surface area contributed by atoms with Crippen LogP contribution in [0.25, 0.3) is 5.57 Å². The SMILES string of the molecule is CN(C)CC#CCc1cn(C[C@H]2CN(c3ccc(C4=CCS(=O)(=O)CC4)c(F)c3)C(=O)O2)nn1. The van der Waals surface area contributed by atoms with Gasteiger partial charge < -0.3 is 4.74 Å². The van der Waals surface area contributed by atoms with Gasteiger partial charge in [0.25, 0.3) is 0 Å². The molecule has 0 saturated carbocycles. The van der Waals surface area contributed by atoms with E-state index in [1.54, 1.807) is 29.1 Å². The minimum absolute atomic E-state index is 0.00676. The van der Waals surface area contributed by atoms with Crippen LogP contribution in [0.3, 0.4) is 0 Å². The normalized spacial score (nSPS) is 19.5. The van der Waals surface area contributed by atoms with Gasteiger partial charge in [-0.3, -0.25) is 9.80 Å². The Balaban J connectivity index is 1.38. The van der Waals surface area contributed by atoms with Gasteiger partial charge in [0.1, 0.15) is 11.9 Å². The first-order valence-electron chi connectivity index (χ1n) is 10.9. The molecule has 1 fully saturated rings. The van der Waals surface area contributed by atoms with Crippen LogP contribution in [0.4, 0.5) is 14.9 Å². The standard InChI is InChI=1S/C23H26FN5O4S/c1-27(2)10-4-3-5-18-14-28(26-25-18)15-20-16-29(23(30)33-20)19-6-7-21(22(24)13-19)17-8-11-34(31,32)12-9-17/h6-8,13-14,20H,5,9-12,15-16H2,1-2H3/t20-/m0/s1. The highest BCUT2D eigenvalue weighted by Crippen LogP contribution is 2.30. The molecule has 1 atom stereocenters. The van der Waals surface area contributed by atoms with Crippen molar-refractivity contribution in [3.8, 4) is 11.8 Å². The molecule has 2 aliphatic rings. The van der Waals surface area contributed by atoms with Crippen LogP contribution in [-0.2, 0) is 27.5 Å². The number of ether oxygens (including phenoxy) is 1. The Morgan fingerprint density at radius 1 is 1.29 bits per heavy atom. The fourth-order valence-corrected chi connectivity index (χ4v) is 4.92. The minimum Gasteiger partial charge on any atom is -0.442 e. The van der Waals surface area contributed by atoms with E-state index < -0.39 is 27.9 Å². The second kappa shape index (κ2) is 9.95. The van der Waals surface area contributed by atoms with Crippen LogP contribution >= 0.6 is 0 Å². The van der Waals surface area contributed by atoms with E-state index in [0.717, 1.165) is 5.69 Å². The van der Waals surface area contributed by atoms with Gasteiger partial charge in [-0.1, -0.05) is 23.1 Å². The Bertz CT molecular complexity index is 1280. The van der Waals surface area contributed by atoms with Crippen LogP contribution in [0.15, 0.2) is 30.5 Å². The summed E-state index contributed by atoms with van der Waals surface area (Å²) in [5.74, 6) is 5.50. The predicted molar refractivity (Wildman–Crippen MR) is 125 cm³/mol. The van der Waals surface area contributed by atoms with E-state index in [9.17, 15) is 17.6 Å². The van der Waals surface area contributed by atoms with Gasteiger partial charge >= 0.3 is 6.09 Å².